The number of amides is 1. The summed E-state index contributed by atoms with van der Waals surface area (Å²) in [5, 5.41) is 7.15. The molecule has 2 aliphatic heterocycles. The van der Waals surface area contributed by atoms with Crippen molar-refractivity contribution in [2.24, 2.45) is 0 Å². The number of hydrogen-bond donors (Lipinski definition) is 2. The number of thiocarbonyl (C=S) groups is 1. The molecule has 3 aromatic rings. The molecule has 1 fully saturated rings. The standard InChI is InChI=1S/C34H39ClN4O6S/c1-21-15-28(37-17-22-12-13-36-18-30(22)45-20-25-7-6-14-44-25)31(33(46)38-27-9-5-8-26(35)32(27)43-4)34(40)39(21)19-23-10-11-24(41-2)16-29(23)42-3/h5,8-13,16,18,21,25,37H,6-7,14-15,17,19-20H2,1-4H3,(H,38,46)/t21?,25-/m0/s1. The van der Waals surface area contributed by atoms with Crippen LogP contribution in [0.2, 0.25) is 5.02 Å². The minimum absolute atomic E-state index is 0.0781. The van der Waals surface area contributed by atoms with Crippen molar-refractivity contribution in [3.05, 3.63) is 82.3 Å². The van der Waals surface area contributed by atoms with Gasteiger partial charge in [-0.1, -0.05) is 29.9 Å². The molecule has 2 aliphatic rings. The maximum atomic E-state index is 14.4. The Balaban J connectivity index is 1.44. The molecule has 1 amide bonds. The first kappa shape index (κ1) is 33.3. The van der Waals surface area contributed by atoms with E-state index >= 15 is 0 Å². The fourth-order valence-electron chi connectivity index (χ4n) is 5.61. The molecule has 0 bridgehead atoms. The minimum Gasteiger partial charge on any atom is -0.497 e. The third-order valence-electron chi connectivity index (χ3n) is 8.10. The topological polar surface area (TPSA) is 103 Å². The van der Waals surface area contributed by atoms with Crippen LogP contribution in [0.4, 0.5) is 5.69 Å². The van der Waals surface area contributed by atoms with E-state index in [1.165, 1.54) is 7.11 Å². The van der Waals surface area contributed by atoms with E-state index in [1.807, 2.05) is 31.2 Å². The lowest BCUT2D eigenvalue weighted by atomic mass is 9.97. The van der Waals surface area contributed by atoms with Gasteiger partial charge < -0.3 is 39.2 Å². The van der Waals surface area contributed by atoms with E-state index in [4.69, 9.17) is 47.5 Å². The number of para-hydroxylation sites is 1. The van der Waals surface area contributed by atoms with Gasteiger partial charge in [-0.05, 0) is 50.1 Å². The molecule has 2 N–H and O–H groups in total. The fraction of sp³-hybridized carbons (Fsp3) is 0.382. The molecular formula is C34H39ClN4O6S. The van der Waals surface area contributed by atoms with E-state index in [1.54, 1.807) is 49.7 Å². The van der Waals surface area contributed by atoms with E-state index < -0.39 is 0 Å². The van der Waals surface area contributed by atoms with Crippen molar-refractivity contribution >= 4 is 40.4 Å². The van der Waals surface area contributed by atoms with Crippen molar-refractivity contribution in [3.63, 3.8) is 0 Å². The lowest BCUT2D eigenvalue weighted by molar-refractivity contribution is -0.130. The highest BCUT2D eigenvalue weighted by Gasteiger charge is 2.35. The summed E-state index contributed by atoms with van der Waals surface area (Å²) in [4.78, 5) is 20.7. The number of benzene rings is 2. The van der Waals surface area contributed by atoms with E-state index in [0.29, 0.717) is 65.4 Å². The second-order valence-corrected chi connectivity index (χ2v) is 11.9. The molecule has 3 heterocycles. The second-order valence-electron chi connectivity index (χ2n) is 11.1. The first-order valence-corrected chi connectivity index (χ1v) is 15.9. The van der Waals surface area contributed by atoms with Crippen LogP contribution in [0, 0.1) is 0 Å². The maximum Gasteiger partial charge on any atom is 0.259 e. The third-order valence-corrected chi connectivity index (χ3v) is 8.70. The summed E-state index contributed by atoms with van der Waals surface area (Å²) in [6.45, 7) is 3.96. The molecular weight excluding hydrogens is 628 g/mol. The van der Waals surface area contributed by atoms with Gasteiger partial charge in [0.1, 0.15) is 28.8 Å². The minimum atomic E-state index is -0.220. The number of nitrogens with one attached hydrogen (secondary N) is 2. The average molecular weight is 667 g/mol. The molecule has 1 aromatic heterocycles. The normalized spacial score (nSPS) is 17.9. The van der Waals surface area contributed by atoms with Gasteiger partial charge in [0, 0.05) is 61.2 Å². The summed E-state index contributed by atoms with van der Waals surface area (Å²) in [6.07, 6.45) is 6.06. The fourth-order valence-corrected chi connectivity index (χ4v) is 6.19. The molecule has 2 aromatic carbocycles. The number of rotatable bonds is 13. The van der Waals surface area contributed by atoms with Gasteiger partial charge in [0.25, 0.3) is 5.91 Å². The predicted octanol–water partition coefficient (Wildman–Crippen LogP) is 5.92. The van der Waals surface area contributed by atoms with Crippen LogP contribution >= 0.6 is 23.8 Å². The van der Waals surface area contributed by atoms with E-state index in [2.05, 4.69) is 15.6 Å². The number of carbonyl (C=O) groups excluding carboxylic acids is 1. The third kappa shape index (κ3) is 7.66. The van der Waals surface area contributed by atoms with Crippen LogP contribution in [-0.4, -0.2) is 67.5 Å². The number of anilines is 1. The maximum absolute atomic E-state index is 14.4. The summed E-state index contributed by atoms with van der Waals surface area (Å²) in [7, 11) is 4.74. The Morgan fingerprint density at radius 2 is 1.96 bits per heavy atom. The van der Waals surface area contributed by atoms with Gasteiger partial charge in [-0.3, -0.25) is 9.78 Å². The zero-order valence-corrected chi connectivity index (χ0v) is 28.0. The highest BCUT2D eigenvalue weighted by Crippen LogP contribution is 2.35. The molecule has 10 nitrogen and oxygen atoms in total. The van der Waals surface area contributed by atoms with Crippen molar-refractivity contribution in [2.45, 2.75) is 51.4 Å². The first-order chi connectivity index (χ1) is 22.3. The molecule has 0 spiro atoms. The van der Waals surface area contributed by atoms with Crippen LogP contribution in [0.3, 0.4) is 0 Å². The first-order valence-electron chi connectivity index (χ1n) is 15.1. The number of methoxy groups -OCH3 is 3. The number of halogens is 1. The van der Waals surface area contributed by atoms with Crippen molar-refractivity contribution in [1.82, 2.24) is 15.2 Å². The van der Waals surface area contributed by atoms with E-state index in [0.717, 1.165) is 36.3 Å². The monoisotopic (exact) mass is 666 g/mol. The summed E-state index contributed by atoms with van der Waals surface area (Å²) >= 11 is 12.3. The summed E-state index contributed by atoms with van der Waals surface area (Å²) in [6, 6.07) is 12.6. The highest BCUT2D eigenvalue weighted by molar-refractivity contribution is 7.81. The Labute approximate surface area is 280 Å². The number of aromatic nitrogens is 1. The number of carbonyl (C=O) groups is 1. The smallest absolute Gasteiger partial charge is 0.259 e. The number of nitrogens with zero attached hydrogens (tertiary/aromatic N) is 2. The van der Waals surface area contributed by atoms with Crippen molar-refractivity contribution < 1.29 is 28.5 Å². The van der Waals surface area contributed by atoms with Crippen LogP contribution in [0.15, 0.2) is 66.1 Å². The lowest BCUT2D eigenvalue weighted by Gasteiger charge is -2.37. The van der Waals surface area contributed by atoms with Crippen LogP contribution in [-0.2, 0) is 22.6 Å². The molecule has 244 valence electrons. The van der Waals surface area contributed by atoms with Gasteiger partial charge in [0.05, 0.1) is 49.9 Å². The number of ether oxygens (including phenoxy) is 5. The van der Waals surface area contributed by atoms with Crippen molar-refractivity contribution in [3.8, 4) is 23.0 Å². The molecule has 0 radical (unpaired) electrons. The highest BCUT2D eigenvalue weighted by atomic mass is 35.5. The van der Waals surface area contributed by atoms with Crippen LogP contribution in [0.1, 0.15) is 37.3 Å². The summed E-state index contributed by atoms with van der Waals surface area (Å²) < 4.78 is 28.3. The van der Waals surface area contributed by atoms with Gasteiger partial charge in [-0.15, -0.1) is 0 Å². The molecule has 0 aliphatic carbocycles. The second kappa shape index (κ2) is 15.5. The lowest BCUT2D eigenvalue weighted by Crippen LogP contribution is -2.47. The predicted molar refractivity (Wildman–Crippen MR) is 181 cm³/mol. The Hall–Kier alpha value is -4.06. The van der Waals surface area contributed by atoms with E-state index in [9.17, 15) is 4.79 Å². The average Bonchev–Trinajstić information content (AvgIpc) is 3.59. The number of hydrogen-bond acceptors (Lipinski definition) is 9. The van der Waals surface area contributed by atoms with Crippen molar-refractivity contribution in [1.29, 1.82) is 0 Å². The quantitative estimate of drug-likeness (QED) is 0.214. The van der Waals surface area contributed by atoms with Gasteiger partial charge in [-0.25, -0.2) is 0 Å². The van der Waals surface area contributed by atoms with Crippen molar-refractivity contribution in [2.75, 3.05) is 39.9 Å². The molecule has 2 atom stereocenters. The summed E-state index contributed by atoms with van der Waals surface area (Å²) in [5.74, 6) is 2.18. The number of pyridine rings is 1. The zero-order chi connectivity index (χ0) is 32.6. The SMILES string of the molecule is COc1ccc(CN2C(=O)C(C(=S)Nc3cccc(Cl)c3OC)=C(NCc3ccncc3OC[C@@H]3CCCO3)CC2C)c(OC)c1. The molecule has 12 heteroatoms. The Bertz CT molecular complexity index is 1600. The van der Waals surface area contributed by atoms with E-state index in [-0.39, 0.29) is 23.0 Å². The van der Waals surface area contributed by atoms with Gasteiger partial charge in [0.2, 0.25) is 0 Å². The molecule has 1 unspecified atom stereocenters. The Morgan fingerprint density at radius 1 is 1.11 bits per heavy atom. The van der Waals surface area contributed by atoms with Gasteiger partial charge in [-0.2, -0.15) is 0 Å². The van der Waals surface area contributed by atoms with Crippen LogP contribution < -0.4 is 29.6 Å². The zero-order valence-electron chi connectivity index (χ0n) is 26.4. The van der Waals surface area contributed by atoms with Gasteiger partial charge in [0.15, 0.2) is 5.75 Å². The van der Waals surface area contributed by atoms with Crippen LogP contribution in [0.25, 0.3) is 0 Å². The molecule has 1 saturated heterocycles. The molecule has 46 heavy (non-hydrogen) atoms. The Morgan fingerprint density at radius 3 is 2.70 bits per heavy atom. The molecule has 5 rings (SSSR count). The largest absolute Gasteiger partial charge is 0.497 e. The Kier molecular flexibility index (Phi) is 11.2. The van der Waals surface area contributed by atoms with Gasteiger partial charge >= 0.3 is 0 Å². The van der Waals surface area contributed by atoms with Crippen LogP contribution in [0.5, 0.6) is 23.0 Å². The molecule has 0 saturated carbocycles. The summed E-state index contributed by atoms with van der Waals surface area (Å²) in [5.41, 5.74) is 3.38.